The average Bonchev–Trinajstić information content (AvgIpc) is 3.09. The summed E-state index contributed by atoms with van der Waals surface area (Å²) in [5, 5.41) is 7.12. The van der Waals surface area contributed by atoms with Crippen molar-refractivity contribution in [2.24, 2.45) is 0 Å². The molecule has 30 heavy (non-hydrogen) atoms. The molecule has 3 rings (SSSR count). The van der Waals surface area contributed by atoms with Gasteiger partial charge in [0.25, 0.3) is 5.91 Å². The van der Waals surface area contributed by atoms with Gasteiger partial charge in [0.15, 0.2) is 0 Å². The number of benzene rings is 1. The normalized spacial score (nSPS) is 21.7. The number of likely N-dealkylation sites (tertiary alicyclic amines) is 2. The molecule has 1 amide bonds. The molecule has 2 saturated heterocycles. The van der Waals surface area contributed by atoms with E-state index in [0.29, 0.717) is 0 Å². The molecular formula is C21H27F3N2O4. The minimum Gasteiger partial charge on any atom is -0.497 e. The molecule has 0 radical (unpaired) electrons. The minimum absolute atomic E-state index is 0.136. The van der Waals surface area contributed by atoms with Gasteiger partial charge < -0.3 is 14.7 Å². The third kappa shape index (κ3) is 5.75. The molecule has 166 valence electrons. The molecule has 1 unspecified atom stereocenters. The van der Waals surface area contributed by atoms with Crippen LogP contribution in [0.25, 0.3) is 0 Å². The molecule has 0 aliphatic carbocycles. The zero-order chi connectivity index (χ0) is 22.4. The Balaban J connectivity index is 0.000000396. The summed E-state index contributed by atoms with van der Waals surface area (Å²) in [6.07, 6.45) is 1.58. The third-order valence-corrected chi connectivity index (χ3v) is 5.51. The first-order valence-corrected chi connectivity index (χ1v) is 9.72. The smallest absolute Gasteiger partial charge is 0.490 e. The molecule has 2 aliphatic heterocycles. The van der Waals surface area contributed by atoms with Crippen LogP contribution in [0.15, 0.2) is 36.9 Å². The van der Waals surface area contributed by atoms with Crippen LogP contribution in [0.2, 0.25) is 0 Å². The van der Waals surface area contributed by atoms with E-state index in [1.807, 2.05) is 35.2 Å². The Labute approximate surface area is 173 Å². The van der Waals surface area contributed by atoms with Crippen molar-refractivity contribution in [1.82, 2.24) is 9.80 Å². The van der Waals surface area contributed by atoms with Crippen molar-refractivity contribution in [3.05, 3.63) is 42.5 Å². The van der Waals surface area contributed by atoms with E-state index in [2.05, 4.69) is 11.5 Å². The van der Waals surface area contributed by atoms with Gasteiger partial charge in [-0.25, -0.2) is 4.79 Å². The van der Waals surface area contributed by atoms with Crippen molar-refractivity contribution in [2.45, 2.75) is 37.4 Å². The SMILES string of the molecule is C=CCN1CCCC12CCCN(C(=O)c1ccc(OC)cc1)C2.O=C(O)C(F)(F)F. The van der Waals surface area contributed by atoms with Crippen molar-refractivity contribution >= 4 is 11.9 Å². The number of rotatable bonds is 4. The van der Waals surface area contributed by atoms with Crippen molar-refractivity contribution in [2.75, 3.05) is 33.3 Å². The highest BCUT2D eigenvalue weighted by molar-refractivity contribution is 5.94. The lowest BCUT2D eigenvalue weighted by molar-refractivity contribution is -0.192. The molecule has 1 N–H and O–H groups in total. The summed E-state index contributed by atoms with van der Waals surface area (Å²) in [5.74, 6) is -1.84. The Morgan fingerprint density at radius 2 is 1.77 bits per heavy atom. The van der Waals surface area contributed by atoms with Gasteiger partial charge in [0, 0.05) is 30.7 Å². The van der Waals surface area contributed by atoms with Gasteiger partial charge in [-0.15, -0.1) is 6.58 Å². The van der Waals surface area contributed by atoms with E-state index in [1.54, 1.807) is 7.11 Å². The van der Waals surface area contributed by atoms with Gasteiger partial charge in [-0.1, -0.05) is 6.08 Å². The fraction of sp³-hybridized carbons (Fsp3) is 0.524. The van der Waals surface area contributed by atoms with Crippen LogP contribution in [-0.4, -0.2) is 71.8 Å². The lowest BCUT2D eigenvalue weighted by Gasteiger charge is -2.45. The zero-order valence-corrected chi connectivity index (χ0v) is 17.0. The first-order valence-electron chi connectivity index (χ1n) is 9.72. The summed E-state index contributed by atoms with van der Waals surface area (Å²) in [7, 11) is 1.64. The molecule has 2 heterocycles. The van der Waals surface area contributed by atoms with Crippen molar-refractivity contribution in [3.8, 4) is 5.75 Å². The summed E-state index contributed by atoms with van der Waals surface area (Å²) < 4.78 is 36.9. The number of alkyl halides is 3. The number of hydrogen-bond acceptors (Lipinski definition) is 4. The monoisotopic (exact) mass is 428 g/mol. The topological polar surface area (TPSA) is 70.1 Å². The van der Waals surface area contributed by atoms with Crippen LogP contribution in [0.3, 0.4) is 0 Å². The maximum atomic E-state index is 12.9. The summed E-state index contributed by atoms with van der Waals surface area (Å²) in [6.45, 7) is 7.62. The standard InChI is InChI=1S/C19H26N2O2.C2HF3O2/c1-3-12-21-14-5-11-19(21)10-4-13-20(15-19)18(22)16-6-8-17(23-2)9-7-16;3-2(4,5)1(6)7/h3,6-9H,1,4-5,10-15H2,2H3;(H,6,7). The first-order chi connectivity index (χ1) is 14.1. The molecule has 0 saturated carbocycles. The zero-order valence-electron chi connectivity index (χ0n) is 17.0. The maximum Gasteiger partial charge on any atom is 0.490 e. The van der Waals surface area contributed by atoms with Crippen LogP contribution in [0, 0.1) is 0 Å². The van der Waals surface area contributed by atoms with E-state index in [1.165, 1.54) is 19.3 Å². The Hall–Kier alpha value is -2.55. The molecule has 9 heteroatoms. The van der Waals surface area contributed by atoms with Crippen LogP contribution < -0.4 is 4.74 Å². The van der Waals surface area contributed by atoms with E-state index in [4.69, 9.17) is 14.6 Å². The third-order valence-electron chi connectivity index (χ3n) is 5.51. The van der Waals surface area contributed by atoms with Crippen molar-refractivity contribution in [1.29, 1.82) is 0 Å². The molecule has 1 aromatic carbocycles. The maximum absolute atomic E-state index is 12.9. The Kier molecular flexibility index (Phi) is 7.89. The van der Waals surface area contributed by atoms with Crippen LogP contribution in [0.5, 0.6) is 5.75 Å². The first kappa shape index (κ1) is 23.7. The lowest BCUT2D eigenvalue weighted by atomic mass is 9.86. The van der Waals surface area contributed by atoms with Gasteiger partial charge in [-0.05, 0) is 56.5 Å². The molecular weight excluding hydrogens is 401 g/mol. The van der Waals surface area contributed by atoms with E-state index >= 15 is 0 Å². The Bertz CT molecular complexity index is 752. The second-order valence-corrected chi connectivity index (χ2v) is 7.42. The molecule has 1 spiro atoms. The van der Waals surface area contributed by atoms with Crippen LogP contribution in [-0.2, 0) is 4.79 Å². The van der Waals surface area contributed by atoms with E-state index in [9.17, 15) is 18.0 Å². The second kappa shape index (κ2) is 9.97. The van der Waals surface area contributed by atoms with E-state index < -0.39 is 12.1 Å². The summed E-state index contributed by atoms with van der Waals surface area (Å²) in [5.41, 5.74) is 0.908. The number of aliphatic carboxylic acids is 1. The number of piperidine rings is 1. The van der Waals surface area contributed by atoms with E-state index in [-0.39, 0.29) is 11.4 Å². The Morgan fingerprint density at radius 3 is 2.27 bits per heavy atom. The number of hydrogen-bond donors (Lipinski definition) is 1. The second-order valence-electron chi connectivity index (χ2n) is 7.42. The predicted octanol–water partition coefficient (Wildman–Crippen LogP) is 3.59. The molecule has 2 aliphatic rings. The van der Waals surface area contributed by atoms with Crippen molar-refractivity contribution < 1.29 is 32.6 Å². The fourth-order valence-electron chi connectivity index (χ4n) is 4.10. The van der Waals surface area contributed by atoms with Gasteiger partial charge in [0.05, 0.1) is 7.11 Å². The van der Waals surface area contributed by atoms with Gasteiger partial charge in [0.2, 0.25) is 0 Å². The highest BCUT2D eigenvalue weighted by Gasteiger charge is 2.44. The minimum atomic E-state index is -5.08. The van der Waals surface area contributed by atoms with Gasteiger partial charge in [-0.3, -0.25) is 9.69 Å². The highest BCUT2D eigenvalue weighted by Crippen LogP contribution is 2.37. The van der Waals surface area contributed by atoms with Crippen LogP contribution in [0.4, 0.5) is 13.2 Å². The molecule has 0 aromatic heterocycles. The number of carboxylic acids is 1. The number of amides is 1. The molecule has 6 nitrogen and oxygen atoms in total. The van der Waals surface area contributed by atoms with Gasteiger partial charge in [-0.2, -0.15) is 13.2 Å². The number of carboxylic acid groups (broad SMARTS) is 1. The number of ether oxygens (including phenoxy) is 1. The number of nitrogens with zero attached hydrogens (tertiary/aromatic N) is 2. The number of methoxy groups -OCH3 is 1. The lowest BCUT2D eigenvalue weighted by Crippen LogP contribution is -2.56. The predicted molar refractivity (Wildman–Crippen MR) is 106 cm³/mol. The highest BCUT2D eigenvalue weighted by atomic mass is 19.4. The van der Waals surface area contributed by atoms with Crippen LogP contribution >= 0.6 is 0 Å². The molecule has 1 atom stereocenters. The number of carbonyl (C=O) groups excluding carboxylic acids is 1. The fourth-order valence-corrected chi connectivity index (χ4v) is 4.10. The van der Waals surface area contributed by atoms with E-state index in [0.717, 1.165) is 43.9 Å². The average molecular weight is 428 g/mol. The number of carbonyl (C=O) groups is 2. The summed E-state index contributed by atoms with van der Waals surface area (Å²) >= 11 is 0. The number of halogens is 3. The molecule has 0 bridgehead atoms. The van der Waals surface area contributed by atoms with Gasteiger partial charge in [0.1, 0.15) is 5.75 Å². The summed E-state index contributed by atoms with van der Waals surface area (Å²) in [6, 6.07) is 7.43. The largest absolute Gasteiger partial charge is 0.497 e. The van der Waals surface area contributed by atoms with Crippen molar-refractivity contribution in [3.63, 3.8) is 0 Å². The molecule has 1 aromatic rings. The molecule has 2 fully saturated rings. The quantitative estimate of drug-likeness (QED) is 0.743. The van der Waals surface area contributed by atoms with Crippen LogP contribution in [0.1, 0.15) is 36.0 Å². The summed E-state index contributed by atoms with van der Waals surface area (Å²) in [4.78, 5) is 26.3. The van der Waals surface area contributed by atoms with Gasteiger partial charge >= 0.3 is 12.1 Å². The Morgan fingerprint density at radius 1 is 1.20 bits per heavy atom.